The molecule has 4 atom stereocenters. The second-order valence-corrected chi connectivity index (χ2v) is 5.33. The van der Waals surface area contributed by atoms with Gasteiger partial charge in [-0.15, -0.1) is 0 Å². The Morgan fingerprint density at radius 2 is 1.87 bits per heavy atom. The van der Waals surface area contributed by atoms with E-state index >= 15 is 0 Å². The zero-order valence-electron chi connectivity index (χ0n) is 8.60. The van der Waals surface area contributed by atoms with Gasteiger partial charge in [0, 0.05) is 11.8 Å². The Morgan fingerprint density at radius 1 is 1.13 bits per heavy atom. The summed E-state index contributed by atoms with van der Waals surface area (Å²) in [5, 5.41) is 16.1. The lowest BCUT2D eigenvalue weighted by molar-refractivity contribution is -0.622. The SMILES string of the molecule is [O-][N+]1=NC2CC[C@@H]1[C@@]13C=CC=CC21CC3. The molecule has 2 bridgehead atoms. The number of rotatable bonds is 0. The third-order valence-electron chi connectivity index (χ3n) is 5.14. The number of hydrogen-bond donors (Lipinski definition) is 0. The van der Waals surface area contributed by atoms with E-state index in [0.29, 0.717) is 0 Å². The Labute approximate surface area is 88.8 Å². The molecule has 5 rings (SSSR count). The van der Waals surface area contributed by atoms with Gasteiger partial charge in [-0.2, -0.15) is 0 Å². The van der Waals surface area contributed by atoms with Crippen LogP contribution in [0.25, 0.3) is 0 Å². The Morgan fingerprint density at radius 3 is 2.53 bits per heavy atom. The van der Waals surface area contributed by atoms with Crippen LogP contribution in [0, 0.1) is 16.0 Å². The highest BCUT2D eigenvalue weighted by Crippen LogP contribution is 2.70. The van der Waals surface area contributed by atoms with E-state index in [4.69, 9.17) is 0 Å². The molecular weight excluding hydrogens is 188 g/mol. The predicted molar refractivity (Wildman–Crippen MR) is 55.2 cm³/mol. The van der Waals surface area contributed by atoms with Crippen LogP contribution < -0.4 is 0 Å². The molecule has 3 aliphatic carbocycles. The number of hydroxylamine groups is 1. The molecule has 78 valence electrons. The fraction of sp³-hybridized carbons (Fsp3) is 0.667. The van der Waals surface area contributed by atoms with Crippen molar-refractivity contribution in [1.82, 2.24) is 0 Å². The smallest absolute Gasteiger partial charge is 0.199 e. The molecule has 2 saturated carbocycles. The second kappa shape index (κ2) is 2.18. The minimum absolute atomic E-state index is 0.109. The van der Waals surface area contributed by atoms with Crippen molar-refractivity contribution >= 4 is 0 Å². The Hall–Kier alpha value is -1.12. The van der Waals surface area contributed by atoms with E-state index in [1.165, 1.54) is 12.8 Å². The molecule has 2 unspecified atom stereocenters. The summed E-state index contributed by atoms with van der Waals surface area (Å²) in [6.07, 6.45) is 13.4. The largest absolute Gasteiger partial charge is 0.600 e. The quantitative estimate of drug-likeness (QED) is 0.439. The Balaban J connectivity index is 1.97. The highest BCUT2D eigenvalue weighted by molar-refractivity contribution is 5.36. The summed E-state index contributed by atoms with van der Waals surface area (Å²) >= 11 is 0. The van der Waals surface area contributed by atoms with E-state index in [9.17, 15) is 5.21 Å². The number of fused-ring (bicyclic) bond motifs is 1. The molecular formula is C12H14N2O. The molecule has 0 amide bonds. The van der Waals surface area contributed by atoms with Gasteiger partial charge in [0.1, 0.15) is 6.04 Å². The van der Waals surface area contributed by atoms with Crippen molar-refractivity contribution in [2.75, 3.05) is 0 Å². The minimum atomic E-state index is 0.109. The lowest BCUT2D eigenvalue weighted by Crippen LogP contribution is -2.69. The summed E-state index contributed by atoms with van der Waals surface area (Å²) in [4.78, 5) is 1.01. The Kier molecular flexibility index (Phi) is 1.17. The number of nitrogens with zero attached hydrogens (tertiary/aromatic N) is 2. The van der Waals surface area contributed by atoms with E-state index in [2.05, 4.69) is 29.4 Å². The first-order chi connectivity index (χ1) is 7.29. The van der Waals surface area contributed by atoms with E-state index in [0.717, 1.165) is 17.7 Å². The average Bonchev–Trinajstić information content (AvgIpc) is 2.22. The van der Waals surface area contributed by atoms with Crippen LogP contribution in [0.4, 0.5) is 0 Å². The van der Waals surface area contributed by atoms with Gasteiger partial charge in [-0.05, 0) is 24.4 Å². The van der Waals surface area contributed by atoms with Crippen LogP contribution in [0.5, 0.6) is 0 Å². The summed E-state index contributed by atoms with van der Waals surface area (Å²) in [6, 6.07) is 0.354. The maximum atomic E-state index is 11.8. The maximum Gasteiger partial charge on any atom is 0.199 e. The van der Waals surface area contributed by atoms with Crippen molar-refractivity contribution in [3.8, 4) is 0 Å². The van der Waals surface area contributed by atoms with Crippen molar-refractivity contribution in [3.63, 3.8) is 0 Å². The molecule has 2 heterocycles. The van der Waals surface area contributed by atoms with E-state index in [1.807, 2.05) is 0 Å². The predicted octanol–water partition coefficient (Wildman–Crippen LogP) is 2.39. The monoisotopic (exact) mass is 202 g/mol. The molecule has 0 radical (unpaired) electrons. The summed E-state index contributed by atoms with van der Waals surface area (Å²) in [7, 11) is 0. The molecule has 15 heavy (non-hydrogen) atoms. The molecule has 0 aromatic rings. The first-order valence-electron chi connectivity index (χ1n) is 5.83. The van der Waals surface area contributed by atoms with E-state index in [-0.39, 0.29) is 22.9 Å². The lowest BCUT2D eigenvalue weighted by atomic mass is 9.39. The molecule has 0 spiro atoms. The fourth-order valence-corrected chi connectivity index (χ4v) is 4.33. The highest BCUT2D eigenvalue weighted by atomic mass is 16.5. The van der Waals surface area contributed by atoms with Crippen molar-refractivity contribution in [2.24, 2.45) is 15.9 Å². The number of hydrogen-bond acceptors (Lipinski definition) is 2. The highest BCUT2D eigenvalue weighted by Gasteiger charge is 2.72. The molecule has 0 aromatic carbocycles. The van der Waals surface area contributed by atoms with Crippen LogP contribution in [-0.4, -0.2) is 16.9 Å². The van der Waals surface area contributed by atoms with Crippen LogP contribution in [-0.2, 0) is 0 Å². The molecule has 0 saturated heterocycles. The van der Waals surface area contributed by atoms with Gasteiger partial charge >= 0.3 is 0 Å². The van der Waals surface area contributed by atoms with E-state index in [1.54, 1.807) is 0 Å². The molecule has 3 heteroatoms. The molecule has 0 aromatic heterocycles. The Bertz CT molecular complexity index is 425. The average molecular weight is 202 g/mol. The zero-order valence-corrected chi connectivity index (χ0v) is 8.60. The third-order valence-corrected chi connectivity index (χ3v) is 5.14. The molecule has 2 aliphatic heterocycles. The van der Waals surface area contributed by atoms with Gasteiger partial charge in [0.15, 0.2) is 6.04 Å². The lowest BCUT2D eigenvalue weighted by Gasteiger charge is -2.65. The third kappa shape index (κ3) is 0.638. The summed E-state index contributed by atoms with van der Waals surface area (Å²) in [6.45, 7) is 0. The van der Waals surface area contributed by atoms with Crippen LogP contribution in [0.15, 0.2) is 29.4 Å². The summed E-state index contributed by atoms with van der Waals surface area (Å²) in [5.41, 5.74) is 0.347. The zero-order chi connectivity index (χ0) is 10.1. The summed E-state index contributed by atoms with van der Waals surface area (Å²) in [5.74, 6) is 0. The van der Waals surface area contributed by atoms with Gasteiger partial charge in [-0.1, -0.05) is 29.2 Å². The van der Waals surface area contributed by atoms with Gasteiger partial charge in [0.05, 0.1) is 5.41 Å². The van der Waals surface area contributed by atoms with Crippen molar-refractivity contribution in [3.05, 3.63) is 29.5 Å². The van der Waals surface area contributed by atoms with Gasteiger partial charge in [-0.25, -0.2) is 0 Å². The fourth-order valence-electron chi connectivity index (χ4n) is 4.33. The summed E-state index contributed by atoms with van der Waals surface area (Å²) < 4.78 is 0. The van der Waals surface area contributed by atoms with Crippen LogP contribution in [0.1, 0.15) is 25.7 Å². The van der Waals surface area contributed by atoms with E-state index < -0.39 is 0 Å². The molecule has 5 aliphatic rings. The second-order valence-electron chi connectivity index (χ2n) is 5.33. The first-order valence-corrected chi connectivity index (χ1v) is 5.83. The molecule has 2 fully saturated rings. The number of allylic oxidation sites excluding steroid dienone is 2. The van der Waals surface area contributed by atoms with Crippen molar-refractivity contribution < 1.29 is 4.86 Å². The van der Waals surface area contributed by atoms with Crippen LogP contribution in [0.2, 0.25) is 0 Å². The van der Waals surface area contributed by atoms with Crippen LogP contribution >= 0.6 is 0 Å². The van der Waals surface area contributed by atoms with Gasteiger partial charge < -0.3 is 5.21 Å². The maximum absolute atomic E-state index is 11.8. The van der Waals surface area contributed by atoms with Crippen LogP contribution in [0.3, 0.4) is 0 Å². The van der Waals surface area contributed by atoms with Crippen molar-refractivity contribution in [1.29, 1.82) is 0 Å². The van der Waals surface area contributed by atoms with Gasteiger partial charge in [0.25, 0.3) is 0 Å². The first kappa shape index (κ1) is 8.08. The molecule has 0 N–H and O–H groups in total. The number of azo groups is 1. The topological polar surface area (TPSA) is 38.4 Å². The van der Waals surface area contributed by atoms with Crippen molar-refractivity contribution in [2.45, 2.75) is 37.8 Å². The minimum Gasteiger partial charge on any atom is -0.600 e. The molecule has 3 nitrogen and oxygen atoms in total. The van der Waals surface area contributed by atoms with Gasteiger partial charge in [-0.3, -0.25) is 0 Å². The van der Waals surface area contributed by atoms with Gasteiger partial charge in [0.2, 0.25) is 0 Å². The normalized spacial score (nSPS) is 54.3. The standard InChI is InChI=1S/C12H14N2O/c15-14-10-4-3-9(13-14)11-5-1-2-6-12(10,11)8-7-11/h1-2,5-6,9-10H,3-4,7-8H2/t9?,10-,11?,12+/m1/s1.